The van der Waals surface area contributed by atoms with Gasteiger partial charge in [0.1, 0.15) is 6.10 Å². The number of carbonyl (C=O) groups is 1. The molecule has 22 heavy (non-hydrogen) atoms. The maximum absolute atomic E-state index is 12.1. The van der Waals surface area contributed by atoms with Crippen molar-refractivity contribution in [1.29, 1.82) is 0 Å². The van der Waals surface area contributed by atoms with Crippen molar-refractivity contribution in [3.8, 4) is 5.88 Å². The number of rotatable bonds is 5. The van der Waals surface area contributed by atoms with Gasteiger partial charge in [-0.3, -0.25) is 4.79 Å². The summed E-state index contributed by atoms with van der Waals surface area (Å²) in [5.41, 5.74) is 2.50. The number of carbonyl (C=O) groups excluding carboxylic acids is 1. The standard InChI is InChI=1S/C15H17N3O3S/c19-14(7-11-9-22-10-17-11)18-12-8-20-6-4-13(12)21-15-3-1-2-5-16-15/h1-3,5,9-10,12-13H,4,6-8H2,(H,18,19)/t12-,13-/m1/s1. The number of nitrogens with zero attached hydrogens (tertiary/aromatic N) is 2. The molecule has 0 unspecified atom stereocenters. The number of hydrogen-bond acceptors (Lipinski definition) is 6. The third-order valence-electron chi connectivity index (χ3n) is 3.37. The van der Waals surface area contributed by atoms with Gasteiger partial charge >= 0.3 is 0 Å². The molecule has 6 nitrogen and oxygen atoms in total. The first-order chi connectivity index (χ1) is 10.8. The van der Waals surface area contributed by atoms with Crippen LogP contribution in [0.15, 0.2) is 35.3 Å². The summed E-state index contributed by atoms with van der Waals surface area (Å²) in [6.45, 7) is 1.07. The number of nitrogens with one attached hydrogen (secondary N) is 1. The van der Waals surface area contributed by atoms with Crippen LogP contribution in [0.2, 0.25) is 0 Å². The highest BCUT2D eigenvalue weighted by Gasteiger charge is 2.29. The van der Waals surface area contributed by atoms with E-state index in [1.54, 1.807) is 11.7 Å². The van der Waals surface area contributed by atoms with Crippen LogP contribution in [-0.4, -0.2) is 41.2 Å². The molecule has 1 aliphatic heterocycles. The molecule has 1 N–H and O–H groups in total. The summed E-state index contributed by atoms with van der Waals surface area (Å²) in [6.07, 6.45) is 2.54. The normalized spacial score (nSPS) is 21.3. The summed E-state index contributed by atoms with van der Waals surface area (Å²) in [7, 11) is 0. The predicted octanol–water partition coefficient (Wildman–Crippen LogP) is 1.43. The minimum Gasteiger partial charge on any atom is -0.472 e. The molecule has 7 heteroatoms. The molecule has 1 fully saturated rings. The Kier molecular flexibility index (Phi) is 4.97. The predicted molar refractivity (Wildman–Crippen MR) is 81.8 cm³/mol. The van der Waals surface area contributed by atoms with Crippen molar-refractivity contribution in [3.05, 3.63) is 41.0 Å². The van der Waals surface area contributed by atoms with Crippen LogP contribution in [0.3, 0.4) is 0 Å². The Labute approximate surface area is 132 Å². The Morgan fingerprint density at radius 2 is 2.41 bits per heavy atom. The van der Waals surface area contributed by atoms with Crippen molar-refractivity contribution in [2.45, 2.75) is 25.0 Å². The number of pyridine rings is 1. The molecule has 1 amide bonds. The largest absolute Gasteiger partial charge is 0.472 e. The number of hydrogen-bond donors (Lipinski definition) is 1. The van der Waals surface area contributed by atoms with E-state index in [0.717, 1.165) is 12.1 Å². The zero-order valence-electron chi connectivity index (χ0n) is 12.0. The van der Waals surface area contributed by atoms with Crippen LogP contribution in [0, 0.1) is 0 Å². The van der Waals surface area contributed by atoms with Crippen molar-refractivity contribution < 1.29 is 14.3 Å². The zero-order valence-corrected chi connectivity index (χ0v) is 12.8. The fourth-order valence-corrected chi connectivity index (χ4v) is 2.87. The summed E-state index contributed by atoms with van der Waals surface area (Å²) in [4.78, 5) is 20.4. The molecule has 0 radical (unpaired) electrons. The van der Waals surface area contributed by atoms with Crippen molar-refractivity contribution >= 4 is 17.2 Å². The fourth-order valence-electron chi connectivity index (χ4n) is 2.31. The lowest BCUT2D eigenvalue weighted by Crippen LogP contribution is -2.52. The second-order valence-electron chi connectivity index (χ2n) is 5.02. The van der Waals surface area contributed by atoms with E-state index in [2.05, 4.69) is 15.3 Å². The highest BCUT2D eigenvalue weighted by Crippen LogP contribution is 2.16. The molecule has 2 atom stereocenters. The van der Waals surface area contributed by atoms with Gasteiger partial charge in [0.25, 0.3) is 0 Å². The first-order valence-electron chi connectivity index (χ1n) is 7.13. The Bertz CT molecular complexity index is 591. The van der Waals surface area contributed by atoms with Gasteiger partial charge in [-0.2, -0.15) is 0 Å². The summed E-state index contributed by atoms with van der Waals surface area (Å²) >= 11 is 1.48. The van der Waals surface area contributed by atoms with Crippen molar-refractivity contribution in [2.24, 2.45) is 0 Å². The van der Waals surface area contributed by atoms with Crippen LogP contribution >= 0.6 is 11.3 Å². The Morgan fingerprint density at radius 3 is 3.18 bits per heavy atom. The van der Waals surface area contributed by atoms with E-state index in [1.807, 2.05) is 23.6 Å². The van der Waals surface area contributed by atoms with Crippen molar-refractivity contribution in [3.63, 3.8) is 0 Å². The zero-order chi connectivity index (χ0) is 15.2. The van der Waals surface area contributed by atoms with Crippen LogP contribution in [-0.2, 0) is 16.0 Å². The van der Waals surface area contributed by atoms with Gasteiger partial charge in [-0.25, -0.2) is 9.97 Å². The van der Waals surface area contributed by atoms with Crippen molar-refractivity contribution in [2.75, 3.05) is 13.2 Å². The van der Waals surface area contributed by atoms with Gasteiger partial charge in [0.15, 0.2) is 0 Å². The second-order valence-corrected chi connectivity index (χ2v) is 5.74. The van der Waals surface area contributed by atoms with Crippen LogP contribution in [0.5, 0.6) is 5.88 Å². The summed E-state index contributed by atoms with van der Waals surface area (Å²) in [6, 6.07) is 5.34. The lowest BCUT2D eigenvalue weighted by atomic mass is 10.1. The number of ether oxygens (including phenoxy) is 2. The number of amides is 1. The first kappa shape index (κ1) is 14.9. The molecule has 0 bridgehead atoms. The summed E-state index contributed by atoms with van der Waals surface area (Å²) < 4.78 is 11.3. The Morgan fingerprint density at radius 1 is 1.45 bits per heavy atom. The monoisotopic (exact) mass is 319 g/mol. The topological polar surface area (TPSA) is 73.3 Å². The Balaban J connectivity index is 1.58. The molecule has 0 saturated carbocycles. The minimum absolute atomic E-state index is 0.0731. The molecule has 2 aromatic rings. The van der Waals surface area contributed by atoms with Gasteiger partial charge in [-0.05, 0) is 6.07 Å². The smallest absolute Gasteiger partial charge is 0.226 e. The molecular formula is C15H17N3O3S. The molecular weight excluding hydrogens is 302 g/mol. The van der Waals surface area contributed by atoms with E-state index >= 15 is 0 Å². The molecule has 3 heterocycles. The lowest BCUT2D eigenvalue weighted by molar-refractivity contribution is -0.123. The first-order valence-corrected chi connectivity index (χ1v) is 8.07. The van der Waals surface area contributed by atoms with Crippen LogP contribution in [0.4, 0.5) is 0 Å². The SMILES string of the molecule is O=C(Cc1cscn1)N[C@@H]1COCC[C@H]1Oc1ccccn1. The van der Waals surface area contributed by atoms with Crippen LogP contribution < -0.4 is 10.1 Å². The van der Waals surface area contributed by atoms with Crippen LogP contribution in [0.25, 0.3) is 0 Å². The average Bonchev–Trinajstić information content (AvgIpc) is 3.03. The van der Waals surface area contributed by atoms with Crippen LogP contribution in [0.1, 0.15) is 12.1 Å². The molecule has 0 aromatic carbocycles. The molecule has 1 aliphatic rings. The second kappa shape index (κ2) is 7.33. The Hall–Kier alpha value is -1.99. The minimum atomic E-state index is -0.179. The molecule has 1 saturated heterocycles. The number of thiazole rings is 1. The molecule has 116 valence electrons. The van der Waals surface area contributed by atoms with E-state index in [0.29, 0.717) is 19.1 Å². The number of aromatic nitrogens is 2. The molecule has 3 rings (SSSR count). The van der Waals surface area contributed by atoms with E-state index in [9.17, 15) is 4.79 Å². The van der Waals surface area contributed by atoms with Gasteiger partial charge in [0.05, 0.1) is 36.9 Å². The quantitative estimate of drug-likeness (QED) is 0.902. The molecule has 0 spiro atoms. The van der Waals surface area contributed by atoms with E-state index in [-0.39, 0.29) is 24.5 Å². The van der Waals surface area contributed by atoms with Gasteiger partial charge in [0, 0.05) is 24.1 Å². The summed E-state index contributed by atoms with van der Waals surface area (Å²) in [5.74, 6) is 0.490. The maximum Gasteiger partial charge on any atom is 0.226 e. The lowest BCUT2D eigenvalue weighted by Gasteiger charge is -2.32. The summed E-state index contributed by atoms with van der Waals surface area (Å²) in [5, 5.41) is 4.85. The highest BCUT2D eigenvalue weighted by molar-refractivity contribution is 7.07. The van der Waals surface area contributed by atoms with E-state index < -0.39 is 0 Å². The van der Waals surface area contributed by atoms with Gasteiger partial charge in [-0.1, -0.05) is 6.07 Å². The highest BCUT2D eigenvalue weighted by atomic mass is 32.1. The van der Waals surface area contributed by atoms with E-state index in [4.69, 9.17) is 9.47 Å². The maximum atomic E-state index is 12.1. The van der Waals surface area contributed by atoms with Gasteiger partial charge in [-0.15, -0.1) is 11.3 Å². The van der Waals surface area contributed by atoms with E-state index in [1.165, 1.54) is 11.3 Å². The molecule has 2 aromatic heterocycles. The van der Waals surface area contributed by atoms with Crippen molar-refractivity contribution in [1.82, 2.24) is 15.3 Å². The third kappa shape index (κ3) is 4.02. The third-order valence-corrected chi connectivity index (χ3v) is 4.01. The van der Waals surface area contributed by atoms with Gasteiger partial charge < -0.3 is 14.8 Å². The fraction of sp³-hybridized carbons (Fsp3) is 0.400. The van der Waals surface area contributed by atoms with Gasteiger partial charge in [0.2, 0.25) is 11.8 Å². The molecule has 0 aliphatic carbocycles. The average molecular weight is 319 g/mol.